The van der Waals surface area contributed by atoms with Gasteiger partial charge in [-0.05, 0) is 38.5 Å². The lowest BCUT2D eigenvalue weighted by atomic mass is 10.2. The van der Waals surface area contributed by atoms with E-state index in [-0.39, 0.29) is 0 Å². The summed E-state index contributed by atoms with van der Waals surface area (Å²) in [4.78, 5) is 2.24. The van der Waals surface area contributed by atoms with Gasteiger partial charge in [-0.25, -0.2) is 0 Å². The van der Waals surface area contributed by atoms with Gasteiger partial charge < -0.3 is 4.90 Å². The summed E-state index contributed by atoms with van der Waals surface area (Å²) in [5.74, 6) is 0. The zero-order chi connectivity index (χ0) is 8.97. The molecule has 1 nitrogen and oxygen atoms in total. The van der Waals surface area contributed by atoms with E-state index >= 15 is 0 Å². The molecule has 0 aromatic heterocycles. The summed E-state index contributed by atoms with van der Waals surface area (Å²) in [7, 11) is 0. The predicted molar refractivity (Wildman–Crippen MR) is 54.4 cm³/mol. The van der Waals surface area contributed by atoms with E-state index in [0.717, 1.165) is 13.1 Å². The topological polar surface area (TPSA) is 3.24 Å². The molecule has 1 radical (unpaired) electrons. The Kier molecular flexibility index (Phi) is 3.15. The van der Waals surface area contributed by atoms with Gasteiger partial charge in [0.15, 0.2) is 0 Å². The average molecular weight is 162 g/mol. The maximum Gasteiger partial charge on any atom is 0.0368 e. The molecule has 65 valence electrons. The van der Waals surface area contributed by atoms with Gasteiger partial charge in [-0.3, -0.25) is 0 Å². The normalized spacial score (nSPS) is 9.92. The monoisotopic (exact) mass is 162 g/mol. The van der Waals surface area contributed by atoms with Crippen molar-refractivity contribution in [1.82, 2.24) is 0 Å². The van der Waals surface area contributed by atoms with Crippen LogP contribution in [-0.4, -0.2) is 13.1 Å². The molecular formula is C11H16N. The Morgan fingerprint density at radius 1 is 1.42 bits per heavy atom. The molecule has 0 N–H and O–H groups in total. The van der Waals surface area contributed by atoms with Crippen LogP contribution >= 0.6 is 0 Å². The van der Waals surface area contributed by atoms with Gasteiger partial charge in [0, 0.05) is 18.8 Å². The van der Waals surface area contributed by atoms with Crippen molar-refractivity contribution in [2.45, 2.75) is 13.8 Å². The Morgan fingerprint density at radius 3 is 2.67 bits per heavy atom. The first-order valence-electron chi connectivity index (χ1n) is 4.38. The highest BCUT2D eigenvalue weighted by Gasteiger charge is 1.99. The number of nitrogens with zero attached hydrogens (tertiary/aromatic N) is 1. The minimum absolute atomic E-state index is 0.833. The molecule has 0 bridgehead atoms. The van der Waals surface area contributed by atoms with Gasteiger partial charge in [0.2, 0.25) is 0 Å². The smallest absolute Gasteiger partial charge is 0.0368 e. The second-order valence-electron chi connectivity index (χ2n) is 2.92. The standard InChI is InChI=1S/C11H16N/c1-4-12(5-2)11-8-6-7-10(3)9-11/h6-9H,1,4-5H2,2-3H3. The first kappa shape index (κ1) is 9.11. The Balaban J connectivity index is 2.85. The fourth-order valence-electron chi connectivity index (χ4n) is 1.29. The molecular weight excluding hydrogens is 146 g/mol. The number of hydrogen-bond donors (Lipinski definition) is 0. The van der Waals surface area contributed by atoms with Crippen LogP contribution in [0, 0.1) is 13.8 Å². The van der Waals surface area contributed by atoms with Crippen LogP contribution in [0.5, 0.6) is 0 Å². The summed E-state index contributed by atoms with van der Waals surface area (Å²) in [5.41, 5.74) is 2.58. The number of hydrogen-bond acceptors (Lipinski definition) is 1. The number of anilines is 1. The van der Waals surface area contributed by atoms with Crippen LogP contribution in [0.2, 0.25) is 0 Å². The molecule has 12 heavy (non-hydrogen) atoms. The van der Waals surface area contributed by atoms with Crippen molar-refractivity contribution >= 4 is 5.69 Å². The molecule has 0 fully saturated rings. The third kappa shape index (κ3) is 2.00. The zero-order valence-corrected chi connectivity index (χ0v) is 7.88. The van der Waals surface area contributed by atoms with Crippen LogP contribution in [0.1, 0.15) is 12.5 Å². The molecule has 0 saturated carbocycles. The van der Waals surface area contributed by atoms with E-state index < -0.39 is 0 Å². The number of rotatable bonds is 3. The minimum Gasteiger partial charge on any atom is -0.372 e. The molecule has 1 rings (SSSR count). The molecule has 0 aliphatic carbocycles. The first-order valence-corrected chi connectivity index (χ1v) is 4.38. The highest BCUT2D eigenvalue weighted by atomic mass is 15.1. The highest BCUT2D eigenvalue weighted by Crippen LogP contribution is 2.14. The second kappa shape index (κ2) is 4.15. The van der Waals surface area contributed by atoms with E-state index in [9.17, 15) is 0 Å². The molecule has 0 saturated heterocycles. The molecule has 0 aliphatic rings. The Morgan fingerprint density at radius 2 is 2.17 bits per heavy atom. The lowest BCUT2D eigenvalue weighted by molar-refractivity contribution is 0.903. The maximum atomic E-state index is 3.89. The van der Waals surface area contributed by atoms with Crippen LogP contribution in [0.15, 0.2) is 24.3 Å². The van der Waals surface area contributed by atoms with E-state index in [0.29, 0.717) is 0 Å². The van der Waals surface area contributed by atoms with Gasteiger partial charge in [0.1, 0.15) is 0 Å². The fourth-order valence-corrected chi connectivity index (χ4v) is 1.29. The lowest BCUT2D eigenvalue weighted by Crippen LogP contribution is -2.21. The van der Waals surface area contributed by atoms with Crippen molar-refractivity contribution in [3.63, 3.8) is 0 Å². The molecule has 1 heteroatoms. The van der Waals surface area contributed by atoms with E-state index in [4.69, 9.17) is 0 Å². The van der Waals surface area contributed by atoms with Gasteiger partial charge >= 0.3 is 0 Å². The van der Waals surface area contributed by atoms with Crippen molar-refractivity contribution in [3.05, 3.63) is 36.8 Å². The molecule has 0 spiro atoms. The molecule has 0 aliphatic heterocycles. The van der Waals surface area contributed by atoms with Crippen LogP contribution in [0.25, 0.3) is 0 Å². The maximum absolute atomic E-state index is 3.89. The van der Waals surface area contributed by atoms with Gasteiger partial charge in [-0.2, -0.15) is 0 Å². The van der Waals surface area contributed by atoms with Gasteiger partial charge in [-0.15, -0.1) is 0 Å². The highest BCUT2D eigenvalue weighted by molar-refractivity contribution is 5.48. The number of aryl methyl sites for hydroxylation is 1. The number of benzene rings is 1. The predicted octanol–water partition coefficient (Wildman–Crippen LogP) is 2.66. The van der Waals surface area contributed by atoms with Crippen molar-refractivity contribution in [2.24, 2.45) is 0 Å². The third-order valence-corrected chi connectivity index (χ3v) is 2.02. The Bertz CT molecular complexity index is 239. The largest absolute Gasteiger partial charge is 0.372 e. The van der Waals surface area contributed by atoms with E-state index in [1.807, 2.05) is 0 Å². The molecule has 0 heterocycles. The quantitative estimate of drug-likeness (QED) is 0.660. The van der Waals surface area contributed by atoms with Gasteiger partial charge in [-0.1, -0.05) is 12.1 Å². The first-order chi connectivity index (χ1) is 5.77. The summed E-state index contributed by atoms with van der Waals surface area (Å²) >= 11 is 0. The second-order valence-corrected chi connectivity index (χ2v) is 2.92. The summed E-state index contributed by atoms with van der Waals surface area (Å²) in [6, 6.07) is 8.51. The third-order valence-electron chi connectivity index (χ3n) is 2.02. The average Bonchev–Trinajstić information content (AvgIpc) is 2.07. The van der Waals surface area contributed by atoms with E-state index in [1.165, 1.54) is 11.3 Å². The van der Waals surface area contributed by atoms with Crippen molar-refractivity contribution in [1.29, 1.82) is 0 Å². The summed E-state index contributed by atoms with van der Waals surface area (Å²) in [6.45, 7) is 10.0. The SMILES string of the molecule is [CH2]CN(CC)c1cccc(C)c1. The molecule has 0 amide bonds. The van der Waals surface area contributed by atoms with E-state index in [1.54, 1.807) is 0 Å². The zero-order valence-electron chi connectivity index (χ0n) is 7.88. The Hall–Kier alpha value is -0.980. The van der Waals surface area contributed by atoms with Crippen LogP contribution in [0.3, 0.4) is 0 Å². The lowest BCUT2D eigenvalue weighted by Gasteiger charge is -2.20. The molecule has 1 aromatic carbocycles. The van der Waals surface area contributed by atoms with Gasteiger partial charge in [0.25, 0.3) is 0 Å². The molecule has 0 atom stereocenters. The van der Waals surface area contributed by atoms with Crippen molar-refractivity contribution in [3.8, 4) is 0 Å². The minimum atomic E-state index is 0.833. The van der Waals surface area contributed by atoms with E-state index in [2.05, 4.69) is 49.9 Å². The molecule has 0 unspecified atom stereocenters. The van der Waals surface area contributed by atoms with Crippen LogP contribution in [0.4, 0.5) is 5.69 Å². The van der Waals surface area contributed by atoms with Crippen molar-refractivity contribution in [2.75, 3.05) is 18.0 Å². The summed E-state index contributed by atoms with van der Waals surface area (Å²) in [6.07, 6.45) is 0. The Labute approximate surface area is 75.0 Å². The van der Waals surface area contributed by atoms with Crippen LogP contribution in [-0.2, 0) is 0 Å². The van der Waals surface area contributed by atoms with Gasteiger partial charge in [0.05, 0.1) is 0 Å². The molecule has 1 aromatic rings. The summed E-state index contributed by atoms with van der Waals surface area (Å²) < 4.78 is 0. The summed E-state index contributed by atoms with van der Waals surface area (Å²) in [5, 5.41) is 0. The fraction of sp³-hybridized carbons (Fsp3) is 0.364. The van der Waals surface area contributed by atoms with Crippen molar-refractivity contribution < 1.29 is 0 Å². The van der Waals surface area contributed by atoms with Crippen LogP contribution < -0.4 is 4.90 Å².